The lowest BCUT2D eigenvalue weighted by atomic mass is 9.97. The fourth-order valence-corrected chi connectivity index (χ4v) is 6.54. The summed E-state index contributed by atoms with van der Waals surface area (Å²) in [6.07, 6.45) is -24.8. The van der Waals surface area contributed by atoms with Crippen molar-refractivity contribution in [3.8, 4) is 51.6 Å². The summed E-state index contributed by atoms with van der Waals surface area (Å²) in [6, 6.07) is 3.50. The molecule has 0 saturated carbocycles. The molecule has 3 saturated heterocycles. The maximum atomic E-state index is 13.9. The van der Waals surface area contributed by atoms with Crippen molar-refractivity contribution in [3.05, 3.63) is 28.4 Å². The lowest BCUT2D eigenvalue weighted by molar-refractivity contribution is -0.357. The van der Waals surface area contributed by atoms with Gasteiger partial charge >= 0.3 is 0 Å². The van der Waals surface area contributed by atoms with Crippen LogP contribution in [0.25, 0.3) is 22.3 Å². The molecule has 0 bridgehead atoms. The fourth-order valence-electron chi connectivity index (χ4n) is 6.54. The average Bonchev–Trinajstić information content (AvgIpc) is 3.17. The Labute approximate surface area is 314 Å². The van der Waals surface area contributed by atoms with E-state index in [1.165, 1.54) is 27.0 Å². The molecule has 0 amide bonds. The number of phenolic OH excluding ortho intramolecular Hbond substituents is 5. The number of hydrogen-bond donors (Lipinski definition) is 13. The second-order valence-electron chi connectivity index (χ2n) is 13.5. The van der Waals surface area contributed by atoms with Gasteiger partial charge in [0, 0.05) is 5.56 Å². The Morgan fingerprint density at radius 2 is 1.27 bits per heavy atom. The number of aliphatic hydroxyl groups excluding tert-OH is 8. The second-order valence-corrected chi connectivity index (χ2v) is 13.5. The smallest absolute Gasteiger partial charge is 0.239 e. The van der Waals surface area contributed by atoms with Crippen molar-refractivity contribution in [2.45, 2.75) is 106 Å². The predicted molar refractivity (Wildman–Crippen MR) is 180 cm³/mol. The molecule has 15 atom stereocenters. The molecule has 3 aromatic rings. The number of phenols is 5. The Morgan fingerprint density at radius 1 is 0.661 bits per heavy atom. The van der Waals surface area contributed by atoms with Crippen LogP contribution in [-0.2, 0) is 23.7 Å². The molecule has 0 aliphatic carbocycles. The van der Waals surface area contributed by atoms with Crippen LogP contribution in [0.4, 0.5) is 0 Å². The Balaban J connectivity index is 1.24. The van der Waals surface area contributed by atoms with E-state index >= 15 is 0 Å². The first-order valence-electron chi connectivity index (χ1n) is 17.1. The molecule has 310 valence electrons. The molecule has 3 aliphatic heterocycles. The van der Waals surface area contributed by atoms with Crippen LogP contribution in [-0.4, -0.2) is 172 Å². The highest BCUT2D eigenvalue weighted by atomic mass is 16.7. The number of rotatable bonds is 9. The maximum absolute atomic E-state index is 13.9. The van der Waals surface area contributed by atoms with E-state index in [0.29, 0.717) is 0 Å². The quantitative estimate of drug-likeness (QED) is 0.0751. The fraction of sp³-hybridized carbons (Fsp3) is 0.559. The van der Waals surface area contributed by atoms with E-state index in [2.05, 4.69) is 0 Å². The van der Waals surface area contributed by atoms with E-state index < -0.39 is 150 Å². The summed E-state index contributed by atoms with van der Waals surface area (Å²) in [5, 5.41) is 135. The van der Waals surface area contributed by atoms with Crippen LogP contribution < -0.4 is 14.9 Å². The lowest BCUT2D eigenvalue weighted by Gasteiger charge is -2.46. The van der Waals surface area contributed by atoms with Gasteiger partial charge in [0.05, 0.1) is 25.9 Å². The molecule has 13 N–H and O–H groups in total. The summed E-state index contributed by atoms with van der Waals surface area (Å²) in [6.45, 7) is 2.08. The van der Waals surface area contributed by atoms with Crippen molar-refractivity contribution in [1.29, 1.82) is 0 Å². The van der Waals surface area contributed by atoms with Gasteiger partial charge in [-0.2, -0.15) is 0 Å². The third-order valence-electron chi connectivity index (χ3n) is 9.84. The van der Waals surface area contributed by atoms with E-state index in [4.69, 9.17) is 37.6 Å². The van der Waals surface area contributed by atoms with Gasteiger partial charge in [0.15, 0.2) is 41.2 Å². The molecule has 56 heavy (non-hydrogen) atoms. The molecule has 22 nitrogen and oxygen atoms in total. The molecule has 22 heteroatoms. The zero-order chi connectivity index (χ0) is 41.1. The van der Waals surface area contributed by atoms with Gasteiger partial charge in [-0.25, -0.2) is 0 Å². The van der Waals surface area contributed by atoms with Gasteiger partial charge in [0.1, 0.15) is 66.4 Å². The Hall–Kier alpha value is -4.27. The molecule has 0 radical (unpaired) electrons. The van der Waals surface area contributed by atoms with Gasteiger partial charge in [0.2, 0.25) is 34.7 Å². The summed E-state index contributed by atoms with van der Waals surface area (Å²) in [5.74, 6) is -6.87. The van der Waals surface area contributed by atoms with Crippen LogP contribution in [0.15, 0.2) is 27.4 Å². The summed E-state index contributed by atoms with van der Waals surface area (Å²) in [5.41, 5.74) is -2.23. The lowest BCUT2D eigenvalue weighted by Crippen LogP contribution is -2.63. The standard InChI is InChI=1S/C34H42O22/c1-8-15(36)19(40)25(46)33(51-8)55-28-9(2)52-32(27(48)24(28)45)50-7-13-16(37)20(41)26(47)34(53-13)56-31-18(39)14-17(38)21(42)22(43)23(44)30(14)54-29(31)10-4-5-11(35)12(6-10)49-3/h4-6,8-9,13,15-16,19-20,24-28,32-38,40-48H,7H2,1-3H3/t8?,9?,13?,15-,16+,19?,20-,24?,25-,26?,27-,28-,32+,33-,34-/m0/s1. The molecule has 3 fully saturated rings. The second kappa shape index (κ2) is 15.9. The molecule has 0 spiro atoms. The molecular formula is C34H42O22. The molecular weight excluding hydrogens is 760 g/mol. The minimum Gasteiger partial charge on any atom is -0.504 e. The third kappa shape index (κ3) is 7.24. The van der Waals surface area contributed by atoms with Crippen molar-refractivity contribution in [2.24, 2.45) is 0 Å². The van der Waals surface area contributed by atoms with Crippen LogP contribution in [0.1, 0.15) is 13.8 Å². The zero-order valence-corrected chi connectivity index (χ0v) is 29.6. The Morgan fingerprint density at radius 3 is 1.95 bits per heavy atom. The first kappa shape index (κ1) is 41.4. The molecule has 4 heterocycles. The van der Waals surface area contributed by atoms with E-state index in [-0.39, 0.29) is 17.1 Å². The molecule has 6 unspecified atom stereocenters. The average molecular weight is 803 g/mol. The van der Waals surface area contributed by atoms with Crippen LogP contribution in [0.3, 0.4) is 0 Å². The van der Waals surface area contributed by atoms with Gasteiger partial charge in [-0.15, -0.1) is 0 Å². The van der Waals surface area contributed by atoms with Crippen LogP contribution in [0, 0.1) is 0 Å². The molecule has 1 aromatic heterocycles. The summed E-state index contributed by atoms with van der Waals surface area (Å²) in [4.78, 5) is 13.9. The van der Waals surface area contributed by atoms with Gasteiger partial charge in [-0.3, -0.25) is 4.79 Å². The van der Waals surface area contributed by atoms with Crippen molar-refractivity contribution in [2.75, 3.05) is 13.7 Å². The van der Waals surface area contributed by atoms with Crippen LogP contribution >= 0.6 is 0 Å². The highest BCUT2D eigenvalue weighted by molar-refractivity contribution is 5.96. The summed E-state index contributed by atoms with van der Waals surface area (Å²) >= 11 is 0. The minimum atomic E-state index is -2.11. The van der Waals surface area contributed by atoms with Crippen LogP contribution in [0.2, 0.25) is 0 Å². The maximum Gasteiger partial charge on any atom is 0.239 e. The predicted octanol–water partition coefficient (Wildman–Crippen LogP) is -3.12. The number of benzene rings is 2. The zero-order valence-electron chi connectivity index (χ0n) is 29.6. The number of aliphatic hydroxyl groups is 8. The molecule has 6 rings (SSSR count). The highest BCUT2D eigenvalue weighted by Gasteiger charge is 2.51. The van der Waals surface area contributed by atoms with Crippen molar-refractivity contribution >= 4 is 11.0 Å². The largest absolute Gasteiger partial charge is 0.504 e. The first-order valence-corrected chi connectivity index (χ1v) is 17.1. The van der Waals surface area contributed by atoms with Gasteiger partial charge in [-0.05, 0) is 32.0 Å². The molecule has 2 aromatic carbocycles. The Bertz CT molecular complexity index is 1950. The monoisotopic (exact) mass is 802 g/mol. The third-order valence-corrected chi connectivity index (χ3v) is 9.84. The van der Waals surface area contributed by atoms with E-state index in [0.717, 1.165) is 12.1 Å². The first-order chi connectivity index (χ1) is 26.4. The van der Waals surface area contributed by atoms with Crippen molar-refractivity contribution < 1.29 is 104 Å². The number of aromatic hydroxyl groups is 5. The highest BCUT2D eigenvalue weighted by Crippen LogP contribution is 2.50. The number of hydrogen-bond acceptors (Lipinski definition) is 22. The van der Waals surface area contributed by atoms with Gasteiger partial charge < -0.3 is 104 Å². The summed E-state index contributed by atoms with van der Waals surface area (Å²) in [7, 11) is 1.21. The summed E-state index contributed by atoms with van der Waals surface area (Å²) < 4.78 is 44.5. The SMILES string of the molecule is COc1cc(-c2oc3c(O)c(O)c(O)c(O)c3c(=O)c2O[C@@H]2OC(CO[C@@H]3OC(C)[C@H](O[C@@H]4OC(C)[C@H](O)C(O)[C@@H]4O)C(O)[C@@H]3O)[C@@H](O)[C@H](O)C2O)ccc1O. The Kier molecular flexibility index (Phi) is 11.8. The van der Waals surface area contributed by atoms with Crippen molar-refractivity contribution in [3.63, 3.8) is 0 Å². The van der Waals surface area contributed by atoms with Crippen molar-refractivity contribution in [1.82, 2.24) is 0 Å². The topological polar surface area (TPSA) is 358 Å². The number of methoxy groups -OCH3 is 1. The van der Waals surface area contributed by atoms with Gasteiger partial charge in [0.25, 0.3) is 0 Å². The van der Waals surface area contributed by atoms with E-state index in [9.17, 15) is 71.2 Å². The number of fused-ring (bicyclic) bond motifs is 1. The minimum absolute atomic E-state index is 0.0860. The van der Waals surface area contributed by atoms with Gasteiger partial charge in [-0.1, -0.05) is 0 Å². The van der Waals surface area contributed by atoms with Crippen LogP contribution in [0.5, 0.6) is 40.2 Å². The number of ether oxygens (including phenoxy) is 7. The normalized spacial score (nSPS) is 36.4. The van der Waals surface area contributed by atoms with E-state index in [1.54, 1.807) is 0 Å². The van der Waals surface area contributed by atoms with E-state index in [1.807, 2.05) is 0 Å². The molecule has 3 aliphatic rings.